The molecule has 4 atom stereocenters. The van der Waals surface area contributed by atoms with Crippen LogP contribution in [0.4, 0.5) is 27.8 Å². The Hall–Kier alpha value is -4.59. The van der Waals surface area contributed by atoms with E-state index in [2.05, 4.69) is 20.2 Å². The van der Waals surface area contributed by atoms with Crippen LogP contribution in [0.3, 0.4) is 0 Å². The number of carbonyl (C=O) groups excluding carboxylic acids is 2. The lowest BCUT2D eigenvalue weighted by molar-refractivity contribution is -0.00753. The van der Waals surface area contributed by atoms with Gasteiger partial charge in [0.2, 0.25) is 5.88 Å². The van der Waals surface area contributed by atoms with Crippen molar-refractivity contribution in [3.8, 4) is 29.1 Å². The van der Waals surface area contributed by atoms with Gasteiger partial charge in [0.15, 0.2) is 5.82 Å². The van der Waals surface area contributed by atoms with Crippen molar-refractivity contribution >= 4 is 61.1 Å². The lowest BCUT2D eigenvalue weighted by Crippen LogP contribution is -2.50. The molecule has 12 nitrogen and oxygen atoms in total. The molecule has 4 aliphatic heterocycles. The summed E-state index contributed by atoms with van der Waals surface area (Å²) in [6.45, 7) is 11.6. The van der Waals surface area contributed by atoms with Crippen molar-refractivity contribution in [3.05, 3.63) is 40.4 Å². The topological polar surface area (TPSA) is 139 Å². The SMILES string of the molecule is CC(C)(C)OC(=O)Nc1sc2c(F)ccc(-c3c(Cl)cc4c(OC5CC6CCC(C5)N6C(=O)OC(C)(C)C)nc(OC[C@@]56CCCN5C[C@H](F)C6)nc4c3F)c2c1C#N. The van der Waals surface area contributed by atoms with Crippen LogP contribution in [0.15, 0.2) is 18.2 Å². The quantitative estimate of drug-likeness (QED) is 0.191. The molecule has 1 N–H and O–H groups in total. The monoisotopic (exact) mass is 854 g/mol. The highest BCUT2D eigenvalue weighted by molar-refractivity contribution is 7.23. The summed E-state index contributed by atoms with van der Waals surface area (Å²) >= 11 is 7.75. The summed E-state index contributed by atoms with van der Waals surface area (Å²) in [6.07, 6.45) is 1.77. The number of nitrogens with one attached hydrogen (secondary N) is 1. The van der Waals surface area contributed by atoms with Crippen molar-refractivity contribution in [1.29, 1.82) is 5.26 Å². The van der Waals surface area contributed by atoms with E-state index in [-0.39, 0.29) is 84.4 Å². The Kier molecular flexibility index (Phi) is 10.6. The molecule has 4 aliphatic rings. The van der Waals surface area contributed by atoms with E-state index in [0.29, 0.717) is 25.8 Å². The highest BCUT2D eigenvalue weighted by atomic mass is 35.5. The number of ether oxygens (including phenoxy) is 4. The average molecular weight is 855 g/mol. The summed E-state index contributed by atoms with van der Waals surface area (Å²) < 4.78 is 71.4. The number of rotatable bonds is 7. The smallest absolute Gasteiger partial charge is 0.412 e. The molecule has 2 amide bonds. The Morgan fingerprint density at radius 3 is 2.47 bits per heavy atom. The third-order valence-electron chi connectivity index (χ3n) is 11.4. The molecule has 2 unspecified atom stereocenters. The van der Waals surface area contributed by atoms with Gasteiger partial charge in [0.1, 0.15) is 52.5 Å². The number of hydrogen-bond acceptors (Lipinski definition) is 11. The fourth-order valence-electron chi connectivity index (χ4n) is 9.16. The summed E-state index contributed by atoms with van der Waals surface area (Å²) in [5.74, 6) is -1.58. The molecular formula is C42H46ClF3N6O6S. The number of thiophene rings is 1. The number of aromatic nitrogens is 2. The first-order chi connectivity index (χ1) is 27.8. The van der Waals surface area contributed by atoms with Crippen LogP contribution in [-0.2, 0) is 9.47 Å². The van der Waals surface area contributed by atoms with Crippen LogP contribution < -0.4 is 14.8 Å². The standard InChI is InChI=1S/C42H46ClF3N6O6S/c1-40(2,3)57-38(53)50-36-27(18-47)30-25(10-11-29(45)34(30)59-36)31-28(43)16-26-33(32(31)46)48-37(55-20-42-12-7-13-51(42)19-21(44)17-42)49-35(26)56-24-14-22-8-9-23(15-24)52(22)39(54)58-41(4,5)6/h10-11,16,21-24H,7-9,12-15,17,19-20H2,1-6H3,(H,50,53)/t21-,22?,23?,24?,42+/m1/s1. The van der Waals surface area contributed by atoms with Crippen molar-refractivity contribution in [2.24, 2.45) is 0 Å². The predicted octanol–water partition coefficient (Wildman–Crippen LogP) is 9.93. The zero-order valence-corrected chi connectivity index (χ0v) is 35.3. The molecule has 2 aromatic carbocycles. The molecule has 314 valence electrons. The lowest BCUT2D eigenvalue weighted by Gasteiger charge is -2.39. The van der Waals surface area contributed by atoms with E-state index in [1.54, 1.807) is 25.7 Å². The van der Waals surface area contributed by atoms with E-state index in [9.17, 15) is 19.2 Å². The van der Waals surface area contributed by atoms with Gasteiger partial charge in [0.05, 0.1) is 26.2 Å². The molecule has 0 aliphatic carbocycles. The number of anilines is 1. The molecule has 4 aromatic rings. The Balaban J connectivity index is 1.19. The molecule has 4 fully saturated rings. The number of carbonyl (C=O) groups is 2. The lowest BCUT2D eigenvalue weighted by atomic mass is 9.95. The highest BCUT2D eigenvalue weighted by Gasteiger charge is 2.50. The van der Waals surface area contributed by atoms with Crippen molar-refractivity contribution in [2.45, 2.75) is 128 Å². The number of nitriles is 1. The molecule has 2 aromatic heterocycles. The minimum Gasteiger partial charge on any atom is -0.474 e. The van der Waals surface area contributed by atoms with Gasteiger partial charge in [0, 0.05) is 48.8 Å². The number of benzene rings is 2. The molecule has 6 heterocycles. The largest absolute Gasteiger partial charge is 0.474 e. The molecule has 2 bridgehead atoms. The zero-order valence-electron chi connectivity index (χ0n) is 33.7. The second kappa shape index (κ2) is 15.1. The molecule has 0 saturated carbocycles. The van der Waals surface area contributed by atoms with Crippen molar-refractivity contribution in [1.82, 2.24) is 19.8 Å². The van der Waals surface area contributed by atoms with Crippen molar-refractivity contribution < 1.29 is 41.7 Å². The van der Waals surface area contributed by atoms with E-state index in [1.165, 1.54) is 12.1 Å². The maximum absolute atomic E-state index is 17.4. The number of fused-ring (bicyclic) bond motifs is 5. The fourth-order valence-corrected chi connectivity index (χ4v) is 10.5. The Labute approximate surface area is 348 Å². The highest BCUT2D eigenvalue weighted by Crippen LogP contribution is 2.48. The summed E-state index contributed by atoms with van der Waals surface area (Å²) in [5, 5.41) is 13.0. The Bertz CT molecular complexity index is 2380. The van der Waals surface area contributed by atoms with Gasteiger partial charge >= 0.3 is 18.2 Å². The van der Waals surface area contributed by atoms with Gasteiger partial charge in [-0.05, 0) is 91.5 Å². The molecule has 4 saturated heterocycles. The van der Waals surface area contributed by atoms with Gasteiger partial charge in [-0.3, -0.25) is 10.2 Å². The van der Waals surface area contributed by atoms with Gasteiger partial charge in [0.25, 0.3) is 0 Å². The summed E-state index contributed by atoms with van der Waals surface area (Å²) in [4.78, 5) is 39.0. The summed E-state index contributed by atoms with van der Waals surface area (Å²) in [7, 11) is 0. The van der Waals surface area contributed by atoms with Gasteiger partial charge in [-0.15, -0.1) is 11.3 Å². The van der Waals surface area contributed by atoms with Gasteiger partial charge in [-0.1, -0.05) is 17.7 Å². The van der Waals surface area contributed by atoms with Crippen LogP contribution >= 0.6 is 22.9 Å². The fraction of sp³-hybridized carbons (Fsp3) is 0.548. The zero-order chi connectivity index (χ0) is 42.2. The number of hydrogen-bond donors (Lipinski definition) is 1. The molecule has 17 heteroatoms. The van der Waals surface area contributed by atoms with Gasteiger partial charge < -0.3 is 23.8 Å². The van der Waals surface area contributed by atoms with E-state index < -0.39 is 46.7 Å². The van der Waals surface area contributed by atoms with Crippen LogP contribution in [0.1, 0.15) is 92.1 Å². The van der Waals surface area contributed by atoms with Crippen molar-refractivity contribution in [3.63, 3.8) is 0 Å². The number of alkyl halides is 1. The molecule has 59 heavy (non-hydrogen) atoms. The summed E-state index contributed by atoms with van der Waals surface area (Å²) in [5.41, 5.74) is -2.44. The van der Waals surface area contributed by atoms with Crippen LogP contribution in [-0.4, -0.2) is 92.8 Å². The molecule has 0 radical (unpaired) electrons. The van der Waals surface area contributed by atoms with E-state index in [1.807, 2.05) is 26.8 Å². The first-order valence-corrected chi connectivity index (χ1v) is 21.1. The van der Waals surface area contributed by atoms with Crippen LogP contribution in [0.2, 0.25) is 5.02 Å². The number of amides is 2. The first kappa shape index (κ1) is 41.2. The maximum Gasteiger partial charge on any atom is 0.412 e. The second-order valence-electron chi connectivity index (χ2n) is 17.9. The van der Waals surface area contributed by atoms with Gasteiger partial charge in [-0.25, -0.2) is 22.8 Å². The molecule has 0 spiro atoms. The minimum atomic E-state index is -0.998. The van der Waals surface area contributed by atoms with Crippen molar-refractivity contribution in [2.75, 3.05) is 25.0 Å². The van der Waals surface area contributed by atoms with Gasteiger partial charge in [-0.2, -0.15) is 15.2 Å². The van der Waals surface area contributed by atoms with E-state index in [4.69, 9.17) is 30.5 Å². The first-order valence-electron chi connectivity index (χ1n) is 19.9. The minimum absolute atomic E-state index is 0.00753. The average Bonchev–Trinajstić information content (AvgIpc) is 3.85. The van der Waals surface area contributed by atoms with Crippen LogP contribution in [0, 0.1) is 23.0 Å². The van der Waals surface area contributed by atoms with E-state index >= 15 is 8.78 Å². The van der Waals surface area contributed by atoms with Crippen LogP contribution in [0.25, 0.3) is 32.1 Å². The number of piperidine rings is 1. The maximum atomic E-state index is 17.4. The number of halogens is 4. The summed E-state index contributed by atoms with van der Waals surface area (Å²) in [6, 6.07) is 5.52. The van der Waals surface area contributed by atoms with Crippen LogP contribution in [0.5, 0.6) is 11.9 Å². The normalized spacial score (nSPS) is 24.3. The third-order valence-corrected chi connectivity index (χ3v) is 12.8. The Morgan fingerprint density at radius 2 is 1.80 bits per heavy atom. The third kappa shape index (κ3) is 7.93. The second-order valence-corrected chi connectivity index (χ2v) is 19.4. The molecular weight excluding hydrogens is 809 g/mol. The predicted molar refractivity (Wildman–Crippen MR) is 217 cm³/mol. The van der Waals surface area contributed by atoms with E-state index in [0.717, 1.165) is 49.6 Å². The Morgan fingerprint density at radius 1 is 1.08 bits per heavy atom. The number of nitrogens with zero attached hydrogens (tertiary/aromatic N) is 5. The molecule has 8 rings (SSSR count).